The Kier molecular flexibility index (Phi) is 9.46. The van der Waals surface area contributed by atoms with Gasteiger partial charge in [0.1, 0.15) is 6.26 Å². The molecule has 0 aliphatic rings. The van der Waals surface area contributed by atoms with E-state index in [2.05, 4.69) is 20.6 Å². The van der Waals surface area contributed by atoms with Crippen LogP contribution in [0.3, 0.4) is 0 Å². The normalized spacial score (nSPS) is 10.9. The molecule has 3 rings (SSSR count). The van der Waals surface area contributed by atoms with Crippen LogP contribution in [0.4, 0.5) is 0 Å². The fraction of sp³-hybridized carbons (Fsp3) is 0.273. The van der Waals surface area contributed by atoms with Gasteiger partial charge in [-0.1, -0.05) is 24.3 Å². The Morgan fingerprint density at radius 3 is 2.67 bits per heavy atom. The molecule has 30 heavy (non-hydrogen) atoms. The summed E-state index contributed by atoms with van der Waals surface area (Å²) in [5.74, 6) is 1.86. The number of nitrogens with one attached hydrogen (secondary N) is 2. The van der Waals surface area contributed by atoms with Crippen molar-refractivity contribution in [3.8, 4) is 23.0 Å². The highest BCUT2D eigenvalue weighted by molar-refractivity contribution is 14.0. The number of phenolic OH excluding ortho intramolecular Hbond substituents is 1. The molecule has 0 saturated heterocycles. The molecule has 2 aromatic carbocycles. The van der Waals surface area contributed by atoms with Gasteiger partial charge in [-0.2, -0.15) is 0 Å². The lowest BCUT2D eigenvalue weighted by Crippen LogP contribution is -2.36. The summed E-state index contributed by atoms with van der Waals surface area (Å²) in [6, 6.07) is 15.0. The van der Waals surface area contributed by atoms with E-state index in [1.807, 2.05) is 50.2 Å². The van der Waals surface area contributed by atoms with Gasteiger partial charge in [0.25, 0.3) is 0 Å². The number of nitrogens with zero attached hydrogens (tertiary/aromatic N) is 2. The molecule has 0 saturated carbocycles. The minimum absolute atomic E-state index is 0. The maximum Gasteiger partial charge on any atom is 0.226 e. The Labute approximate surface area is 193 Å². The van der Waals surface area contributed by atoms with Crippen LogP contribution < -0.4 is 15.4 Å². The van der Waals surface area contributed by atoms with E-state index in [0.29, 0.717) is 37.3 Å². The average molecular weight is 522 g/mol. The van der Waals surface area contributed by atoms with Crippen molar-refractivity contribution in [2.75, 3.05) is 13.2 Å². The van der Waals surface area contributed by atoms with Gasteiger partial charge in [-0.15, -0.1) is 24.0 Å². The van der Waals surface area contributed by atoms with E-state index < -0.39 is 0 Å². The summed E-state index contributed by atoms with van der Waals surface area (Å²) >= 11 is 0. The predicted octanol–water partition coefficient (Wildman–Crippen LogP) is 4.32. The fourth-order valence-corrected chi connectivity index (χ4v) is 2.72. The van der Waals surface area contributed by atoms with E-state index >= 15 is 0 Å². The number of hydrogen-bond acceptors (Lipinski definition) is 5. The molecule has 1 aromatic heterocycles. The van der Waals surface area contributed by atoms with Gasteiger partial charge < -0.3 is 24.9 Å². The first-order chi connectivity index (χ1) is 14.2. The van der Waals surface area contributed by atoms with E-state index in [-0.39, 0.29) is 29.7 Å². The smallest absolute Gasteiger partial charge is 0.226 e. The monoisotopic (exact) mass is 522 g/mol. The number of aromatic nitrogens is 1. The molecule has 3 aromatic rings. The van der Waals surface area contributed by atoms with E-state index in [1.54, 1.807) is 18.4 Å². The number of benzene rings is 2. The van der Waals surface area contributed by atoms with Gasteiger partial charge in [0.2, 0.25) is 5.89 Å². The third-order valence-electron chi connectivity index (χ3n) is 4.10. The quantitative estimate of drug-likeness (QED) is 0.232. The maximum atomic E-state index is 9.82. The molecular formula is C22H27IN4O3. The minimum Gasteiger partial charge on any atom is -0.504 e. The molecular weight excluding hydrogens is 495 g/mol. The van der Waals surface area contributed by atoms with E-state index in [9.17, 15) is 5.11 Å². The molecule has 0 unspecified atom stereocenters. The number of halogens is 1. The van der Waals surface area contributed by atoms with Crippen LogP contribution in [-0.4, -0.2) is 29.2 Å². The van der Waals surface area contributed by atoms with Gasteiger partial charge in [0.15, 0.2) is 17.5 Å². The number of ether oxygens (including phenoxy) is 1. The lowest BCUT2D eigenvalue weighted by molar-refractivity contribution is 0.318. The van der Waals surface area contributed by atoms with E-state index in [4.69, 9.17) is 9.15 Å². The zero-order chi connectivity index (χ0) is 20.5. The second-order valence-corrected chi connectivity index (χ2v) is 6.29. The summed E-state index contributed by atoms with van der Waals surface area (Å²) in [6.45, 7) is 6.05. The van der Waals surface area contributed by atoms with E-state index in [1.165, 1.54) is 0 Å². The summed E-state index contributed by atoms with van der Waals surface area (Å²) in [5.41, 5.74) is 2.67. The first-order valence-corrected chi connectivity index (χ1v) is 9.66. The number of aliphatic imine (C=N–C) groups is 1. The van der Waals surface area contributed by atoms with Crippen molar-refractivity contribution < 1.29 is 14.3 Å². The molecule has 0 aliphatic heterocycles. The summed E-state index contributed by atoms with van der Waals surface area (Å²) in [5, 5.41) is 16.3. The number of phenols is 1. The molecule has 0 aliphatic carbocycles. The zero-order valence-corrected chi connectivity index (χ0v) is 19.4. The van der Waals surface area contributed by atoms with Crippen molar-refractivity contribution in [3.63, 3.8) is 0 Å². The number of oxazole rings is 1. The summed E-state index contributed by atoms with van der Waals surface area (Å²) in [4.78, 5) is 9.11. The van der Waals surface area contributed by atoms with Gasteiger partial charge in [-0.05, 0) is 43.7 Å². The van der Waals surface area contributed by atoms with Gasteiger partial charge in [-0.25, -0.2) is 9.98 Å². The van der Waals surface area contributed by atoms with Gasteiger partial charge in [-0.3, -0.25) is 0 Å². The zero-order valence-electron chi connectivity index (χ0n) is 17.1. The van der Waals surface area contributed by atoms with Crippen LogP contribution in [-0.2, 0) is 13.1 Å². The van der Waals surface area contributed by atoms with Crippen molar-refractivity contribution in [2.24, 2.45) is 4.99 Å². The van der Waals surface area contributed by atoms with Gasteiger partial charge in [0, 0.05) is 12.1 Å². The predicted molar refractivity (Wildman–Crippen MR) is 128 cm³/mol. The first kappa shape index (κ1) is 23.5. The Balaban J connectivity index is 0.00000320. The molecule has 8 heteroatoms. The van der Waals surface area contributed by atoms with Crippen molar-refractivity contribution in [2.45, 2.75) is 26.9 Å². The fourth-order valence-electron chi connectivity index (χ4n) is 2.72. The lowest BCUT2D eigenvalue weighted by atomic mass is 10.2. The van der Waals surface area contributed by atoms with Crippen molar-refractivity contribution in [3.05, 3.63) is 66.1 Å². The number of hydrogen-bond donors (Lipinski definition) is 3. The number of guanidine groups is 1. The van der Waals surface area contributed by atoms with Crippen molar-refractivity contribution in [1.29, 1.82) is 0 Å². The van der Waals surface area contributed by atoms with Gasteiger partial charge >= 0.3 is 0 Å². The van der Waals surface area contributed by atoms with E-state index in [0.717, 1.165) is 23.4 Å². The Hall–Kier alpha value is -2.75. The van der Waals surface area contributed by atoms with Crippen LogP contribution in [0.2, 0.25) is 0 Å². The molecule has 1 heterocycles. The molecule has 7 nitrogen and oxygen atoms in total. The summed E-state index contributed by atoms with van der Waals surface area (Å²) < 4.78 is 11.0. The average Bonchev–Trinajstić information content (AvgIpc) is 3.22. The molecule has 160 valence electrons. The highest BCUT2D eigenvalue weighted by Gasteiger charge is 2.08. The molecule has 0 atom stereocenters. The molecule has 3 N–H and O–H groups in total. The highest BCUT2D eigenvalue weighted by atomic mass is 127. The second-order valence-electron chi connectivity index (χ2n) is 6.29. The first-order valence-electron chi connectivity index (χ1n) is 9.66. The highest BCUT2D eigenvalue weighted by Crippen LogP contribution is 2.27. The Morgan fingerprint density at radius 1 is 1.13 bits per heavy atom. The maximum absolute atomic E-state index is 9.82. The van der Waals surface area contributed by atoms with Crippen LogP contribution in [0, 0.1) is 0 Å². The van der Waals surface area contributed by atoms with Gasteiger partial charge in [0.05, 0.1) is 25.4 Å². The SMILES string of the molecule is CCNC(=NCc1ccc(O)c(OCC)c1)NCc1coc(-c2ccccc2)n1.I. The Bertz CT molecular complexity index is 945. The second kappa shape index (κ2) is 12.1. The standard InChI is InChI=1S/C22H26N4O3.HI/c1-3-23-22(24-13-16-10-11-19(27)20(12-16)28-4-2)25-14-18-15-29-21(26-18)17-8-6-5-7-9-17;/h5-12,15,27H,3-4,13-14H2,1-2H3,(H2,23,24,25);1H. The third-order valence-corrected chi connectivity index (χ3v) is 4.10. The topological polar surface area (TPSA) is 91.9 Å². The molecule has 0 fully saturated rings. The van der Waals surface area contributed by atoms with Crippen LogP contribution in [0.25, 0.3) is 11.5 Å². The number of rotatable bonds is 8. The number of aromatic hydroxyl groups is 1. The van der Waals surface area contributed by atoms with Crippen LogP contribution in [0.5, 0.6) is 11.5 Å². The molecule has 0 spiro atoms. The molecule has 0 bridgehead atoms. The lowest BCUT2D eigenvalue weighted by Gasteiger charge is -2.11. The minimum atomic E-state index is 0. The van der Waals surface area contributed by atoms with Crippen LogP contribution in [0.1, 0.15) is 25.1 Å². The Morgan fingerprint density at radius 2 is 1.93 bits per heavy atom. The summed E-state index contributed by atoms with van der Waals surface area (Å²) in [7, 11) is 0. The largest absolute Gasteiger partial charge is 0.504 e. The molecule has 0 radical (unpaired) electrons. The van der Waals surface area contributed by atoms with Crippen LogP contribution in [0.15, 0.2) is 64.2 Å². The van der Waals surface area contributed by atoms with Crippen LogP contribution >= 0.6 is 24.0 Å². The summed E-state index contributed by atoms with van der Waals surface area (Å²) in [6.07, 6.45) is 1.65. The van der Waals surface area contributed by atoms with Crippen molar-refractivity contribution in [1.82, 2.24) is 15.6 Å². The molecule has 0 amide bonds. The third kappa shape index (κ3) is 6.65. The van der Waals surface area contributed by atoms with Crippen molar-refractivity contribution >= 4 is 29.9 Å².